The standard InChI is InChI=1S/C32H44O3/c1-6-7-8-12-17-31(2,3)25-19-28(34-22-23-13-10-9-11-14-23)30-26-18-24(21-33)15-16-27(26)32(4,5)35-29(30)20-25/h9-11,13-14,19-21,24,26-27H,6-8,12,15-18,22H2,1-5H3/t24-,26-,27-/m1/s1. The molecule has 3 nitrogen and oxygen atoms in total. The van der Waals surface area contributed by atoms with E-state index in [2.05, 4.69) is 71.0 Å². The Morgan fingerprint density at radius 3 is 2.57 bits per heavy atom. The molecule has 2 aliphatic rings. The van der Waals surface area contributed by atoms with Gasteiger partial charge in [-0.05, 0) is 74.1 Å². The van der Waals surface area contributed by atoms with E-state index in [0.29, 0.717) is 12.5 Å². The van der Waals surface area contributed by atoms with Gasteiger partial charge >= 0.3 is 0 Å². The van der Waals surface area contributed by atoms with Crippen LogP contribution in [0.3, 0.4) is 0 Å². The molecule has 1 saturated carbocycles. The van der Waals surface area contributed by atoms with Crippen molar-refractivity contribution in [2.45, 2.75) is 110 Å². The summed E-state index contributed by atoms with van der Waals surface area (Å²) in [5.41, 5.74) is 3.41. The maximum Gasteiger partial charge on any atom is 0.127 e. The van der Waals surface area contributed by atoms with Crippen LogP contribution in [0.5, 0.6) is 11.5 Å². The van der Waals surface area contributed by atoms with Crippen molar-refractivity contribution in [1.29, 1.82) is 0 Å². The van der Waals surface area contributed by atoms with Crippen molar-refractivity contribution in [3.63, 3.8) is 0 Å². The molecule has 2 aromatic carbocycles. The molecule has 4 rings (SSSR count). The van der Waals surface area contributed by atoms with Crippen molar-refractivity contribution >= 4 is 6.29 Å². The number of aldehydes is 1. The zero-order valence-corrected chi connectivity index (χ0v) is 22.4. The summed E-state index contributed by atoms with van der Waals surface area (Å²) in [5.74, 6) is 2.70. The Hall–Kier alpha value is -2.29. The topological polar surface area (TPSA) is 35.5 Å². The first-order valence-electron chi connectivity index (χ1n) is 13.7. The number of carbonyl (C=O) groups is 1. The fraction of sp³-hybridized carbons (Fsp3) is 0.594. The van der Waals surface area contributed by atoms with E-state index in [9.17, 15) is 4.79 Å². The van der Waals surface area contributed by atoms with Gasteiger partial charge in [0.1, 0.15) is 30.0 Å². The quantitative estimate of drug-likeness (QED) is 0.255. The third-order valence-electron chi connectivity index (χ3n) is 8.50. The lowest BCUT2D eigenvalue weighted by atomic mass is 9.63. The van der Waals surface area contributed by atoms with Crippen LogP contribution in [-0.2, 0) is 16.8 Å². The minimum Gasteiger partial charge on any atom is -0.488 e. The van der Waals surface area contributed by atoms with Gasteiger partial charge in [0, 0.05) is 17.4 Å². The maximum atomic E-state index is 11.8. The van der Waals surface area contributed by atoms with Crippen molar-refractivity contribution in [3.8, 4) is 11.5 Å². The van der Waals surface area contributed by atoms with Gasteiger partial charge in [-0.1, -0.05) is 76.8 Å². The molecule has 1 fully saturated rings. The van der Waals surface area contributed by atoms with Crippen molar-refractivity contribution in [2.24, 2.45) is 11.8 Å². The van der Waals surface area contributed by atoms with E-state index < -0.39 is 0 Å². The molecule has 1 heterocycles. The molecule has 0 N–H and O–H groups in total. The van der Waals surface area contributed by atoms with E-state index in [0.717, 1.165) is 49.0 Å². The van der Waals surface area contributed by atoms with E-state index in [-0.39, 0.29) is 22.9 Å². The zero-order valence-electron chi connectivity index (χ0n) is 22.4. The molecule has 190 valence electrons. The minimum atomic E-state index is -0.258. The van der Waals surface area contributed by atoms with Crippen LogP contribution < -0.4 is 9.47 Å². The predicted octanol–water partition coefficient (Wildman–Crippen LogP) is 8.38. The normalized spacial score (nSPS) is 23.1. The first kappa shape index (κ1) is 25.8. The van der Waals surface area contributed by atoms with Crippen LogP contribution in [0.4, 0.5) is 0 Å². The Morgan fingerprint density at radius 1 is 1.09 bits per heavy atom. The second-order valence-corrected chi connectivity index (χ2v) is 12.0. The molecule has 0 bridgehead atoms. The van der Waals surface area contributed by atoms with Crippen molar-refractivity contribution in [3.05, 3.63) is 59.2 Å². The summed E-state index contributed by atoms with van der Waals surface area (Å²) in [6.45, 7) is 11.9. The molecule has 35 heavy (non-hydrogen) atoms. The first-order valence-corrected chi connectivity index (χ1v) is 13.7. The Bertz CT molecular complexity index is 991. The third kappa shape index (κ3) is 5.76. The van der Waals surface area contributed by atoms with E-state index in [4.69, 9.17) is 9.47 Å². The fourth-order valence-corrected chi connectivity index (χ4v) is 6.27. The molecule has 1 aliphatic heterocycles. The highest BCUT2D eigenvalue weighted by molar-refractivity contribution is 5.57. The maximum absolute atomic E-state index is 11.8. The SMILES string of the molecule is CCCCCCC(C)(C)c1cc(OCc2ccccc2)c2c(c1)OC(C)(C)[C@@H]1CC[C@@H](C=O)C[C@@H]21. The summed E-state index contributed by atoms with van der Waals surface area (Å²) >= 11 is 0. The Balaban J connectivity index is 1.73. The van der Waals surface area contributed by atoms with Crippen molar-refractivity contribution in [2.75, 3.05) is 0 Å². The number of unbranched alkanes of at least 4 members (excludes halogenated alkanes) is 3. The second-order valence-electron chi connectivity index (χ2n) is 12.0. The molecule has 3 heteroatoms. The highest BCUT2D eigenvalue weighted by Gasteiger charge is 2.48. The van der Waals surface area contributed by atoms with Crippen molar-refractivity contribution in [1.82, 2.24) is 0 Å². The van der Waals surface area contributed by atoms with Crippen LogP contribution in [0.2, 0.25) is 0 Å². The summed E-state index contributed by atoms with van der Waals surface area (Å²) in [6, 6.07) is 14.9. The molecule has 1 aliphatic carbocycles. The van der Waals surface area contributed by atoms with E-state index in [1.807, 2.05) is 6.07 Å². The predicted molar refractivity (Wildman–Crippen MR) is 143 cm³/mol. The van der Waals surface area contributed by atoms with Gasteiger partial charge in [-0.15, -0.1) is 0 Å². The van der Waals surface area contributed by atoms with Gasteiger partial charge < -0.3 is 14.3 Å². The van der Waals surface area contributed by atoms with Gasteiger partial charge in [-0.3, -0.25) is 0 Å². The van der Waals surface area contributed by atoms with Gasteiger partial charge in [-0.2, -0.15) is 0 Å². The smallest absolute Gasteiger partial charge is 0.127 e. The summed E-state index contributed by atoms with van der Waals surface area (Å²) < 4.78 is 13.3. The zero-order chi connectivity index (χ0) is 25.1. The number of hydrogen-bond acceptors (Lipinski definition) is 3. The molecule has 0 radical (unpaired) electrons. The number of hydrogen-bond donors (Lipinski definition) is 0. The summed E-state index contributed by atoms with van der Waals surface area (Å²) in [5, 5.41) is 0. The fourth-order valence-electron chi connectivity index (χ4n) is 6.27. The molecule has 0 amide bonds. The van der Waals surface area contributed by atoms with Gasteiger partial charge in [0.25, 0.3) is 0 Å². The minimum absolute atomic E-state index is 0.0376. The summed E-state index contributed by atoms with van der Waals surface area (Å²) in [6.07, 6.45) is 10.2. The lowest BCUT2D eigenvalue weighted by Gasteiger charge is -2.49. The van der Waals surface area contributed by atoms with Gasteiger partial charge in [0.15, 0.2) is 0 Å². The highest BCUT2D eigenvalue weighted by Crippen LogP contribution is 2.56. The lowest BCUT2D eigenvalue weighted by Crippen LogP contribution is -2.47. The average Bonchev–Trinajstić information content (AvgIpc) is 2.85. The van der Waals surface area contributed by atoms with Gasteiger partial charge in [-0.25, -0.2) is 0 Å². The molecule has 2 aromatic rings. The molecule has 0 spiro atoms. The summed E-state index contributed by atoms with van der Waals surface area (Å²) in [7, 11) is 0. The Kier molecular flexibility index (Phi) is 7.93. The third-order valence-corrected chi connectivity index (χ3v) is 8.50. The number of rotatable bonds is 10. The number of ether oxygens (including phenoxy) is 2. The first-order chi connectivity index (χ1) is 16.7. The van der Waals surface area contributed by atoms with Crippen LogP contribution in [-0.4, -0.2) is 11.9 Å². The highest BCUT2D eigenvalue weighted by atomic mass is 16.5. The Labute approximate surface area is 212 Å². The molecule has 0 unspecified atom stereocenters. The largest absolute Gasteiger partial charge is 0.488 e. The Morgan fingerprint density at radius 2 is 1.86 bits per heavy atom. The average molecular weight is 477 g/mol. The van der Waals surface area contributed by atoms with Crippen LogP contribution in [0, 0.1) is 11.8 Å². The second kappa shape index (κ2) is 10.8. The van der Waals surface area contributed by atoms with Crippen LogP contribution in [0.1, 0.15) is 109 Å². The molecular weight excluding hydrogens is 432 g/mol. The van der Waals surface area contributed by atoms with Crippen LogP contribution in [0.25, 0.3) is 0 Å². The molecule has 0 aromatic heterocycles. The van der Waals surface area contributed by atoms with Crippen LogP contribution >= 0.6 is 0 Å². The van der Waals surface area contributed by atoms with Crippen LogP contribution in [0.15, 0.2) is 42.5 Å². The monoisotopic (exact) mass is 476 g/mol. The van der Waals surface area contributed by atoms with Gasteiger partial charge in [0.2, 0.25) is 0 Å². The van der Waals surface area contributed by atoms with E-state index in [1.54, 1.807) is 0 Å². The van der Waals surface area contributed by atoms with E-state index >= 15 is 0 Å². The lowest BCUT2D eigenvalue weighted by molar-refractivity contribution is -0.113. The summed E-state index contributed by atoms with van der Waals surface area (Å²) in [4.78, 5) is 11.8. The molecule has 0 saturated heterocycles. The van der Waals surface area contributed by atoms with Crippen molar-refractivity contribution < 1.29 is 14.3 Å². The number of fused-ring (bicyclic) bond motifs is 3. The number of carbonyl (C=O) groups excluding carboxylic acids is 1. The number of benzene rings is 2. The molecular formula is C32H44O3. The van der Waals surface area contributed by atoms with E-state index in [1.165, 1.54) is 36.8 Å². The molecule has 3 atom stereocenters. The van der Waals surface area contributed by atoms with Gasteiger partial charge in [0.05, 0.1) is 0 Å².